The first kappa shape index (κ1) is 23.9. The van der Waals surface area contributed by atoms with Gasteiger partial charge in [0.15, 0.2) is 0 Å². The number of hydrogen-bond acceptors (Lipinski definition) is 6. The van der Waals surface area contributed by atoms with Crippen LogP contribution >= 0.6 is 11.6 Å². The Bertz CT molecular complexity index is 1310. The number of methoxy groups -OCH3 is 1. The molecule has 0 saturated heterocycles. The highest BCUT2D eigenvalue weighted by molar-refractivity contribution is 6.31. The molecule has 184 valence electrons. The highest BCUT2D eigenvalue weighted by Crippen LogP contribution is 2.42. The minimum absolute atomic E-state index is 0.409. The van der Waals surface area contributed by atoms with E-state index in [0.717, 1.165) is 40.5 Å². The third-order valence-electron chi connectivity index (χ3n) is 6.21. The third kappa shape index (κ3) is 6.26. The Labute approximate surface area is 216 Å². The fourth-order valence-corrected chi connectivity index (χ4v) is 4.31. The molecule has 1 aliphatic carbocycles. The van der Waals surface area contributed by atoms with Crippen molar-refractivity contribution in [3.8, 4) is 11.5 Å². The van der Waals surface area contributed by atoms with Gasteiger partial charge in [-0.15, -0.1) is 0 Å². The summed E-state index contributed by atoms with van der Waals surface area (Å²) in [6, 6.07) is 18.0. The van der Waals surface area contributed by atoms with E-state index in [1.165, 1.54) is 24.0 Å². The number of nitrogens with zero attached hydrogens (tertiary/aromatic N) is 2. The zero-order valence-electron chi connectivity index (χ0n) is 20.2. The van der Waals surface area contributed by atoms with E-state index < -0.39 is 0 Å². The van der Waals surface area contributed by atoms with E-state index in [0.29, 0.717) is 24.1 Å². The molecular formula is C29H29ClN4O2. The van der Waals surface area contributed by atoms with Crippen LogP contribution in [-0.4, -0.2) is 17.1 Å². The molecule has 0 atom stereocenters. The van der Waals surface area contributed by atoms with Gasteiger partial charge in [-0.2, -0.15) is 0 Å². The summed E-state index contributed by atoms with van der Waals surface area (Å²) in [7, 11) is 1.71. The maximum Gasteiger partial charge on any atom is 0.120 e. The first-order valence-electron chi connectivity index (χ1n) is 12.1. The average Bonchev–Trinajstić information content (AvgIpc) is 3.77. The number of rotatable bonds is 11. The summed E-state index contributed by atoms with van der Waals surface area (Å²) in [6.07, 6.45) is 9.72. The van der Waals surface area contributed by atoms with Gasteiger partial charge in [-0.05, 0) is 84.0 Å². The van der Waals surface area contributed by atoms with Gasteiger partial charge in [0, 0.05) is 48.5 Å². The summed E-state index contributed by atoms with van der Waals surface area (Å²) < 4.78 is 11.5. The minimum Gasteiger partial charge on any atom is -0.497 e. The second-order valence-corrected chi connectivity index (χ2v) is 9.32. The lowest BCUT2D eigenvalue weighted by molar-refractivity contribution is 0.305. The molecule has 2 aromatic carbocycles. The molecule has 0 bridgehead atoms. The Balaban J connectivity index is 1.19. The standard InChI is InChI=1S/C29H29ClN4O2/c1-35-26-6-8-28(21-4-5-21)22(12-26)15-34-25-11-20(14-32-18-25)19-36-27-7-9-29(30)23(13-27)16-33-24-3-2-10-31-17-24/h2-3,6-14,17-18,21,33-34H,4-5,15-16,19H2,1H3. The SMILES string of the molecule is COc1ccc(C2CC2)c(CNc2cncc(COc3ccc(Cl)c(CNc4cccnc4)c3)c2)c1. The lowest BCUT2D eigenvalue weighted by atomic mass is 10.0. The van der Waals surface area contributed by atoms with Crippen LogP contribution in [0.3, 0.4) is 0 Å². The van der Waals surface area contributed by atoms with Crippen LogP contribution in [0.15, 0.2) is 79.4 Å². The number of ether oxygens (including phenoxy) is 2. The maximum atomic E-state index is 6.40. The van der Waals surface area contributed by atoms with E-state index >= 15 is 0 Å². The number of halogens is 1. The number of pyridine rings is 2. The Morgan fingerprint density at radius 2 is 1.64 bits per heavy atom. The molecule has 2 heterocycles. The van der Waals surface area contributed by atoms with Gasteiger partial charge in [-0.1, -0.05) is 17.7 Å². The van der Waals surface area contributed by atoms with E-state index in [4.69, 9.17) is 21.1 Å². The molecule has 1 aliphatic rings. The lowest BCUT2D eigenvalue weighted by Gasteiger charge is -2.14. The molecule has 2 N–H and O–H groups in total. The second kappa shape index (κ2) is 11.3. The van der Waals surface area contributed by atoms with E-state index in [-0.39, 0.29) is 0 Å². The zero-order chi connectivity index (χ0) is 24.7. The van der Waals surface area contributed by atoms with Crippen LogP contribution in [-0.2, 0) is 19.7 Å². The summed E-state index contributed by atoms with van der Waals surface area (Å²) in [5.41, 5.74) is 6.51. The zero-order valence-corrected chi connectivity index (χ0v) is 21.0. The fourth-order valence-electron chi connectivity index (χ4n) is 4.12. The van der Waals surface area contributed by atoms with Gasteiger partial charge in [-0.25, -0.2) is 0 Å². The first-order chi connectivity index (χ1) is 17.7. The number of benzene rings is 2. The van der Waals surface area contributed by atoms with Crippen molar-refractivity contribution < 1.29 is 9.47 Å². The molecule has 0 radical (unpaired) electrons. The topological polar surface area (TPSA) is 68.3 Å². The van der Waals surface area contributed by atoms with Crippen LogP contribution in [0.25, 0.3) is 0 Å². The molecular weight excluding hydrogens is 472 g/mol. The number of hydrogen-bond donors (Lipinski definition) is 2. The molecule has 0 unspecified atom stereocenters. The molecule has 36 heavy (non-hydrogen) atoms. The van der Waals surface area contributed by atoms with Crippen molar-refractivity contribution in [2.24, 2.45) is 0 Å². The highest BCUT2D eigenvalue weighted by Gasteiger charge is 2.26. The summed E-state index contributed by atoms with van der Waals surface area (Å²) in [6.45, 7) is 1.71. The van der Waals surface area contributed by atoms with E-state index in [1.807, 2.05) is 48.8 Å². The van der Waals surface area contributed by atoms with Crippen molar-refractivity contribution in [1.82, 2.24) is 9.97 Å². The van der Waals surface area contributed by atoms with E-state index in [9.17, 15) is 0 Å². The molecule has 6 nitrogen and oxygen atoms in total. The van der Waals surface area contributed by atoms with Crippen LogP contribution in [0.4, 0.5) is 11.4 Å². The van der Waals surface area contributed by atoms with Gasteiger partial charge in [0.1, 0.15) is 18.1 Å². The van der Waals surface area contributed by atoms with Gasteiger partial charge < -0.3 is 20.1 Å². The van der Waals surface area contributed by atoms with Gasteiger partial charge in [0.05, 0.1) is 18.5 Å². The summed E-state index contributed by atoms with van der Waals surface area (Å²) >= 11 is 6.40. The molecule has 2 aromatic heterocycles. The summed E-state index contributed by atoms with van der Waals surface area (Å²) in [5, 5.41) is 7.54. The van der Waals surface area contributed by atoms with Gasteiger partial charge >= 0.3 is 0 Å². The van der Waals surface area contributed by atoms with Crippen molar-refractivity contribution in [2.75, 3.05) is 17.7 Å². The Morgan fingerprint density at radius 1 is 0.861 bits per heavy atom. The van der Waals surface area contributed by atoms with Crippen LogP contribution < -0.4 is 20.1 Å². The predicted molar refractivity (Wildman–Crippen MR) is 144 cm³/mol. The van der Waals surface area contributed by atoms with Crippen molar-refractivity contribution in [1.29, 1.82) is 0 Å². The molecule has 0 spiro atoms. The normalized spacial score (nSPS) is 12.7. The van der Waals surface area contributed by atoms with Crippen LogP contribution in [0.1, 0.15) is 41.0 Å². The molecule has 1 fully saturated rings. The molecule has 5 rings (SSSR count). The van der Waals surface area contributed by atoms with Crippen molar-refractivity contribution in [3.63, 3.8) is 0 Å². The van der Waals surface area contributed by atoms with Crippen molar-refractivity contribution in [3.05, 3.63) is 107 Å². The van der Waals surface area contributed by atoms with Crippen molar-refractivity contribution in [2.45, 2.75) is 38.5 Å². The molecule has 0 aliphatic heterocycles. The molecule has 1 saturated carbocycles. The number of aromatic nitrogens is 2. The van der Waals surface area contributed by atoms with E-state index in [2.05, 4.69) is 38.8 Å². The molecule has 7 heteroatoms. The van der Waals surface area contributed by atoms with Crippen molar-refractivity contribution >= 4 is 23.0 Å². The van der Waals surface area contributed by atoms with Crippen LogP contribution in [0, 0.1) is 0 Å². The fraction of sp³-hybridized carbons (Fsp3) is 0.241. The second-order valence-electron chi connectivity index (χ2n) is 8.91. The minimum atomic E-state index is 0.409. The monoisotopic (exact) mass is 500 g/mol. The van der Waals surface area contributed by atoms with E-state index in [1.54, 1.807) is 19.5 Å². The third-order valence-corrected chi connectivity index (χ3v) is 6.58. The van der Waals surface area contributed by atoms with Gasteiger partial charge in [0.2, 0.25) is 0 Å². The summed E-state index contributed by atoms with van der Waals surface area (Å²) in [5.74, 6) is 2.31. The maximum absolute atomic E-state index is 6.40. The Hall–Kier alpha value is -3.77. The Morgan fingerprint density at radius 3 is 2.44 bits per heavy atom. The Kier molecular flexibility index (Phi) is 7.52. The number of nitrogens with one attached hydrogen (secondary N) is 2. The average molecular weight is 501 g/mol. The van der Waals surface area contributed by atoms with Gasteiger partial charge in [-0.3, -0.25) is 9.97 Å². The molecule has 4 aromatic rings. The largest absolute Gasteiger partial charge is 0.497 e. The first-order valence-corrected chi connectivity index (χ1v) is 12.5. The highest BCUT2D eigenvalue weighted by atomic mass is 35.5. The van der Waals surface area contributed by atoms with Crippen LogP contribution in [0.5, 0.6) is 11.5 Å². The lowest BCUT2D eigenvalue weighted by Crippen LogP contribution is -2.05. The van der Waals surface area contributed by atoms with Crippen LogP contribution in [0.2, 0.25) is 5.02 Å². The quantitative estimate of drug-likeness (QED) is 0.235. The molecule has 0 amide bonds. The number of anilines is 2. The van der Waals surface area contributed by atoms with Gasteiger partial charge in [0.25, 0.3) is 0 Å². The predicted octanol–water partition coefficient (Wildman–Crippen LogP) is 6.82. The smallest absolute Gasteiger partial charge is 0.120 e. The summed E-state index contributed by atoms with van der Waals surface area (Å²) in [4.78, 5) is 8.53.